The van der Waals surface area contributed by atoms with Gasteiger partial charge in [0.1, 0.15) is 0 Å². The highest BCUT2D eigenvalue weighted by Crippen LogP contribution is 2.27. The third-order valence-corrected chi connectivity index (χ3v) is 3.41. The van der Waals surface area contributed by atoms with Crippen molar-refractivity contribution in [3.05, 3.63) is 29.6 Å². The van der Waals surface area contributed by atoms with Gasteiger partial charge in [-0.3, -0.25) is 9.88 Å². The van der Waals surface area contributed by atoms with E-state index in [-0.39, 0.29) is 0 Å². The van der Waals surface area contributed by atoms with E-state index in [1.165, 1.54) is 5.56 Å². The average molecular weight is 236 g/mol. The van der Waals surface area contributed by atoms with Crippen molar-refractivity contribution in [3.63, 3.8) is 0 Å². The summed E-state index contributed by atoms with van der Waals surface area (Å²) in [5.74, 6) is 0.565. The van der Waals surface area contributed by atoms with Crippen molar-refractivity contribution >= 4 is 0 Å². The fourth-order valence-corrected chi connectivity index (χ4v) is 2.40. The Morgan fingerprint density at radius 1 is 1.35 bits per heavy atom. The molecular weight excluding hydrogens is 216 g/mol. The molecule has 94 valence electrons. The molecule has 1 aliphatic heterocycles. The lowest BCUT2D eigenvalue weighted by atomic mass is 9.90. The second kappa shape index (κ2) is 5.58. The van der Waals surface area contributed by atoms with Crippen LogP contribution in [0, 0.1) is 6.92 Å². The summed E-state index contributed by atoms with van der Waals surface area (Å²) in [6.07, 6.45) is 2.89. The summed E-state index contributed by atoms with van der Waals surface area (Å²) < 4.78 is 0. The molecule has 1 aromatic rings. The van der Waals surface area contributed by atoms with Gasteiger partial charge in [0.25, 0.3) is 0 Å². The van der Waals surface area contributed by atoms with Gasteiger partial charge in [0, 0.05) is 18.4 Å². The van der Waals surface area contributed by atoms with Crippen LogP contribution < -0.4 is 0 Å². The summed E-state index contributed by atoms with van der Waals surface area (Å²) >= 11 is 0. The normalized spacial score (nSPS) is 18.8. The number of pyridine rings is 1. The number of aryl methyl sites for hydroxylation is 1. The standard InChI is InChI=1S/C13H20N2O2/c1-10-2-3-12(8-14-10)11-4-6-15(7-5-11)9-13(16)17/h2-3,8,11,13,16-17H,4-7,9H2,1H3. The van der Waals surface area contributed by atoms with Gasteiger partial charge in [0.05, 0.1) is 0 Å². The highest BCUT2D eigenvalue weighted by molar-refractivity contribution is 5.18. The second-order valence-corrected chi connectivity index (χ2v) is 4.79. The maximum atomic E-state index is 8.92. The lowest BCUT2D eigenvalue weighted by Gasteiger charge is -2.32. The minimum Gasteiger partial charge on any atom is -0.367 e. The number of aromatic nitrogens is 1. The molecule has 4 heteroatoms. The van der Waals surface area contributed by atoms with Gasteiger partial charge in [-0.2, -0.15) is 0 Å². The second-order valence-electron chi connectivity index (χ2n) is 4.79. The first-order chi connectivity index (χ1) is 8.15. The van der Waals surface area contributed by atoms with E-state index in [4.69, 9.17) is 10.2 Å². The molecule has 0 aromatic carbocycles. The number of piperidine rings is 1. The Morgan fingerprint density at radius 3 is 2.59 bits per heavy atom. The third-order valence-electron chi connectivity index (χ3n) is 3.41. The molecule has 1 aliphatic rings. The monoisotopic (exact) mass is 236 g/mol. The van der Waals surface area contributed by atoms with Crippen LogP contribution in [-0.2, 0) is 0 Å². The van der Waals surface area contributed by atoms with Gasteiger partial charge in [0.2, 0.25) is 0 Å². The van der Waals surface area contributed by atoms with Crippen molar-refractivity contribution in [3.8, 4) is 0 Å². The highest BCUT2D eigenvalue weighted by Gasteiger charge is 2.21. The van der Waals surface area contributed by atoms with Crippen LogP contribution in [0.15, 0.2) is 18.3 Å². The number of aliphatic hydroxyl groups is 2. The lowest BCUT2D eigenvalue weighted by molar-refractivity contribution is -0.0642. The number of rotatable bonds is 3. The van der Waals surface area contributed by atoms with E-state index in [0.717, 1.165) is 31.6 Å². The molecule has 1 aromatic heterocycles. The first-order valence-corrected chi connectivity index (χ1v) is 6.16. The van der Waals surface area contributed by atoms with Crippen LogP contribution in [0.5, 0.6) is 0 Å². The van der Waals surface area contributed by atoms with Crippen LogP contribution in [-0.4, -0.2) is 46.0 Å². The molecule has 0 amide bonds. The summed E-state index contributed by atoms with van der Waals surface area (Å²) in [6.45, 7) is 4.21. The minimum absolute atomic E-state index is 0.360. The molecule has 0 bridgehead atoms. The van der Waals surface area contributed by atoms with Gasteiger partial charge < -0.3 is 10.2 Å². The number of β-amino-alcohol motifs (C(OH)–C–C–N with tert-alkyl or cyclic N) is 2. The van der Waals surface area contributed by atoms with E-state index in [1.807, 2.05) is 13.1 Å². The Balaban J connectivity index is 1.88. The molecule has 0 spiro atoms. The average Bonchev–Trinajstić information content (AvgIpc) is 2.30. The van der Waals surface area contributed by atoms with Crippen LogP contribution in [0.2, 0.25) is 0 Å². The predicted molar refractivity (Wildman–Crippen MR) is 65.6 cm³/mol. The molecule has 4 nitrogen and oxygen atoms in total. The molecule has 2 N–H and O–H groups in total. The number of hydrogen-bond donors (Lipinski definition) is 2. The van der Waals surface area contributed by atoms with E-state index in [2.05, 4.69) is 22.0 Å². The van der Waals surface area contributed by atoms with E-state index in [1.54, 1.807) is 0 Å². The van der Waals surface area contributed by atoms with Crippen LogP contribution in [0.25, 0.3) is 0 Å². The Bertz CT molecular complexity index is 343. The zero-order valence-corrected chi connectivity index (χ0v) is 10.2. The Hall–Kier alpha value is -0.970. The fraction of sp³-hybridized carbons (Fsp3) is 0.615. The zero-order valence-electron chi connectivity index (χ0n) is 10.2. The lowest BCUT2D eigenvalue weighted by Crippen LogP contribution is -2.38. The number of nitrogens with zero attached hydrogens (tertiary/aromatic N) is 2. The van der Waals surface area contributed by atoms with Gasteiger partial charge in [-0.15, -0.1) is 0 Å². The Labute approximate surface area is 102 Å². The van der Waals surface area contributed by atoms with Gasteiger partial charge in [-0.1, -0.05) is 6.07 Å². The molecule has 2 heterocycles. The van der Waals surface area contributed by atoms with Crippen LogP contribution in [0.1, 0.15) is 30.0 Å². The summed E-state index contributed by atoms with van der Waals surface area (Å²) in [6, 6.07) is 4.21. The molecule has 2 rings (SSSR count). The molecule has 0 atom stereocenters. The van der Waals surface area contributed by atoms with Gasteiger partial charge >= 0.3 is 0 Å². The molecule has 1 fully saturated rings. The maximum absolute atomic E-state index is 8.92. The smallest absolute Gasteiger partial charge is 0.164 e. The molecule has 17 heavy (non-hydrogen) atoms. The van der Waals surface area contributed by atoms with Crippen molar-refractivity contribution in [2.75, 3.05) is 19.6 Å². The first kappa shape index (κ1) is 12.5. The molecule has 0 aliphatic carbocycles. The number of likely N-dealkylation sites (tertiary alicyclic amines) is 1. The molecule has 0 radical (unpaired) electrons. The first-order valence-electron chi connectivity index (χ1n) is 6.16. The minimum atomic E-state index is -1.22. The van der Waals surface area contributed by atoms with Crippen molar-refractivity contribution in [1.82, 2.24) is 9.88 Å². The van der Waals surface area contributed by atoms with E-state index < -0.39 is 6.29 Å². The topological polar surface area (TPSA) is 56.6 Å². The third kappa shape index (κ3) is 3.49. The Kier molecular flexibility index (Phi) is 4.10. The molecule has 1 saturated heterocycles. The molecular formula is C13H20N2O2. The SMILES string of the molecule is Cc1ccc(C2CCN(CC(O)O)CC2)cn1. The van der Waals surface area contributed by atoms with Crippen LogP contribution in [0.4, 0.5) is 0 Å². The quantitative estimate of drug-likeness (QED) is 0.765. The van der Waals surface area contributed by atoms with E-state index >= 15 is 0 Å². The van der Waals surface area contributed by atoms with Crippen molar-refractivity contribution in [2.45, 2.75) is 32.0 Å². The number of aliphatic hydroxyl groups excluding tert-OH is 1. The summed E-state index contributed by atoms with van der Waals surface area (Å²) in [5, 5.41) is 17.8. The highest BCUT2D eigenvalue weighted by atomic mass is 16.5. The Morgan fingerprint density at radius 2 is 2.06 bits per heavy atom. The summed E-state index contributed by atoms with van der Waals surface area (Å²) in [7, 11) is 0. The van der Waals surface area contributed by atoms with Crippen molar-refractivity contribution in [1.29, 1.82) is 0 Å². The maximum Gasteiger partial charge on any atom is 0.164 e. The van der Waals surface area contributed by atoms with Crippen LogP contribution >= 0.6 is 0 Å². The summed E-state index contributed by atoms with van der Waals surface area (Å²) in [4.78, 5) is 6.43. The zero-order chi connectivity index (χ0) is 12.3. The van der Waals surface area contributed by atoms with Crippen molar-refractivity contribution < 1.29 is 10.2 Å². The van der Waals surface area contributed by atoms with Gasteiger partial charge in [0.15, 0.2) is 6.29 Å². The molecule has 0 unspecified atom stereocenters. The van der Waals surface area contributed by atoms with Gasteiger partial charge in [-0.25, -0.2) is 0 Å². The van der Waals surface area contributed by atoms with E-state index in [9.17, 15) is 0 Å². The van der Waals surface area contributed by atoms with E-state index in [0.29, 0.717) is 12.5 Å². The fourth-order valence-electron chi connectivity index (χ4n) is 2.40. The van der Waals surface area contributed by atoms with Gasteiger partial charge in [-0.05, 0) is 50.4 Å². The summed E-state index contributed by atoms with van der Waals surface area (Å²) in [5.41, 5.74) is 2.36. The molecule has 0 saturated carbocycles. The van der Waals surface area contributed by atoms with Crippen LogP contribution in [0.3, 0.4) is 0 Å². The predicted octanol–water partition coefficient (Wildman–Crippen LogP) is 0.880. The van der Waals surface area contributed by atoms with Crippen molar-refractivity contribution in [2.24, 2.45) is 0 Å². The number of hydrogen-bond acceptors (Lipinski definition) is 4. The largest absolute Gasteiger partial charge is 0.367 e.